The molecule has 2 aromatic rings. The minimum atomic E-state index is -0.610. The number of hydrogen-bond acceptors (Lipinski definition) is 2. The van der Waals surface area contributed by atoms with Crippen molar-refractivity contribution < 1.29 is 9.59 Å². The quantitative estimate of drug-likeness (QED) is 0.847. The standard InChI is InChI=1S/C22H26ClN3O2/c1-15-5-2-3-6-18(15)24-22(28)21-19-7-4-12-25(19)14-20(27)26(21)13-16-8-10-17(23)11-9-16/h4,7-12,15,18,21H,2-3,5-6,13-14H2,1H3,(H,24,28)/t15-,18-,21-/m1/s1. The van der Waals surface area contributed by atoms with E-state index in [-0.39, 0.29) is 24.4 Å². The van der Waals surface area contributed by atoms with Crippen LogP contribution in [0.3, 0.4) is 0 Å². The number of halogens is 1. The second-order valence-electron chi connectivity index (χ2n) is 7.99. The van der Waals surface area contributed by atoms with Crippen LogP contribution < -0.4 is 5.32 Å². The zero-order valence-corrected chi connectivity index (χ0v) is 16.9. The number of aromatic nitrogens is 1. The molecule has 1 aliphatic carbocycles. The van der Waals surface area contributed by atoms with Crippen LogP contribution in [0, 0.1) is 5.92 Å². The molecule has 0 unspecified atom stereocenters. The molecule has 4 rings (SSSR count). The molecule has 28 heavy (non-hydrogen) atoms. The first-order valence-electron chi connectivity index (χ1n) is 10.0. The highest BCUT2D eigenvalue weighted by Gasteiger charge is 2.38. The van der Waals surface area contributed by atoms with E-state index in [9.17, 15) is 9.59 Å². The summed E-state index contributed by atoms with van der Waals surface area (Å²) in [7, 11) is 0. The zero-order chi connectivity index (χ0) is 19.7. The van der Waals surface area contributed by atoms with Gasteiger partial charge in [-0.1, -0.05) is 43.5 Å². The number of nitrogens with one attached hydrogen (secondary N) is 1. The fourth-order valence-electron chi connectivity index (χ4n) is 4.39. The van der Waals surface area contributed by atoms with Crippen molar-refractivity contribution in [3.8, 4) is 0 Å². The number of carbonyl (C=O) groups is 2. The minimum absolute atomic E-state index is 0.0458. The van der Waals surface area contributed by atoms with Gasteiger partial charge in [-0.05, 0) is 48.6 Å². The monoisotopic (exact) mass is 399 g/mol. The van der Waals surface area contributed by atoms with Gasteiger partial charge in [0.15, 0.2) is 6.04 Å². The lowest BCUT2D eigenvalue weighted by molar-refractivity contribution is -0.145. The van der Waals surface area contributed by atoms with Gasteiger partial charge in [0.2, 0.25) is 11.8 Å². The Morgan fingerprint density at radius 2 is 1.93 bits per heavy atom. The Bertz CT molecular complexity index is 861. The Labute approximate surface area is 170 Å². The molecule has 148 valence electrons. The molecule has 0 saturated heterocycles. The van der Waals surface area contributed by atoms with Crippen molar-refractivity contribution in [2.75, 3.05) is 0 Å². The van der Waals surface area contributed by atoms with Gasteiger partial charge >= 0.3 is 0 Å². The van der Waals surface area contributed by atoms with Gasteiger partial charge in [-0.25, -0.2) is 0 Å². The van der Waals surface area contributed by atoms with Crippen molar-refractivity contribution in [3.05, 3.63) is 58.9 Å². The van der Waals surface area contributed by atoms with Crippen molar-refractivity contribution in [1.29, 1.82) is 0 Å². The largest absolute Gasteiger partial charge is 0.351 e. The molecule has 0 bridgehead atoms. The molecule has 2 amide bonds. The first kappa shape index (κ1) is 19.1. The average molecular weight is 400 g/mol. The maximum absolute atomic E-state index is 13.3. The minimum Gasteiger partial charge on any atom is -0.351 e. The summed E-state index contributed by atoms with van der Waals surface area (Å²) < 4.78 is 1.88. The van der Waals surface area contributed by atoms with Gasteiger partial charge in [0.1, 0.15) is 6.54 Å². The number of nitrogens with zero attached hydrogens (tertiary/aromatic N) is 2. The van der Waals surface area contributed by atoms with Crippen molar-refractivity contribution in [1.82, 2.24) is 14.8 Å². The van der Waals surface area contributed by atoms with Crippen LogP contribution in [0.4, 0.5) is 0 Å². The smallest absolute Gasteiger partial charge is 0.249 e. The van der Waals surface area contributed by atoms with E-state index in [1.807, 2.05) is 47.2 Å². The van der Waals surface area contributed by atoms with Crippen molar-refractivity contribution >= 4 is 23.4 Å². The molecule has 1 saturated carbocycles. The lowest BCUT2D eigenvalue weighted by Crippen LogP contribution is -2.51. The summed E-state index contributed by atoms with van der Waals surface area (Å²) in [5.41, 5.74) is 1.83. The molecule has 1 aromatic heterocycles. The van der Waals surface area contributed by atoms with Gasteiger partial charge in [-0.2, -0.15) is 0 Å². The van der Waals surface area contributed by atoms with Gasteiger partial charge in [0.25, 0.3) is 0 Å². The lowest BCUT2D eigenvalue weighted by Gasteiger charge is -2.38. The predicted molar refractivity (Wildman–Crippen MR) is 109 cm³/mol. The molecule has 1 fully saturated rings. The number of benzene rings is 1. The summed E-state index contributed by atoms with van der Waals surface area (Å²) in [6, 6.07) is 10.8. The molecular formula is C22H26ClN3O2. The van der Waals surface area contributed by atoms with Crippen molar-refractivity contribution in [3.63, 3.8) is 0 Å². The van der Waals surface area contributed by atoms with Crippen LogP contribution in [-0.4, -0.2) is 27.3 Å². The normalized spacial score (nSPS) is 24.7. The van der Waals surface area contributed by atoms with Crippen LogP contribution in [0.2, 0.25) is 5.02 Å². The van der Waals surface area contributed by atoms with Gasteiger partial charge in [0.05, 0.1) is 5.69 Å². The maximum Gasteiger partial charge on any atom is 0.249 e. The van der Waals surface area contributed by atoms with E-state index in [2.05, 4.69) is 12.2 Å². The molecule has 2 heterocycles. The second-order valence-corrected chi connectivity index (χ2v) is 8.42. The van der Waals surface area contributed by atoms with Gasteiger partial charge < -0.3 is 14.8 Å². The second kappa shape index (κ2) is 8.00. The van der Waals surface area contributed by atoms with Crippen molar-refractivity contribution in [2.24, 2.45) is 5.92 Å². The van der Waals surface area contributed by atoms with E-state index in [4.69, 9.17) is 11.6 Å². The Hall–Kier alpha value is -2.27. The number of amides is 2. The Morgan fingerprint density at radius 1 is 1.18 bits per heavy atom. The van der Waals surface area contributed by atoms with E-state index >= 15 is 0 Å². The van der Waals surface area contributed by atoms with E-state index in [0.717, 1.165) is 30.5 Å². The fraction of sp³-hybridized carbons (Fsp3) is 0.455. The molecule has 3 atom stereocenters. The first-order chi connectivity index (χ1) is 13.5. The lowest BCUT2D eigenvalue weighted by atomic mass is 9.85. The number of fused-ring (bicyclic) bond motifs is 1. The first-order valence-corrected chi connectivity index (χ1v) is 10.4. The maximum atomic E-state index is 13.3. The molecule has 5 nitrogen and oxygen atoms in total. The molecule has 1 aromatic carbocycles. The fourth-order valence-corrected chi connectivity index (χ4v) is 4.52. The molecular weight excluding hydrogens is 374 g/mol. The highest BCUT2D eigenvalue weighted by atomic mass is 35.5. The third-order valence-corrected chi connectivity index (χ3v) is 6.29. The third kappa shape index (κ3) is 3.81. The molecule has 2 aliphatic rings. The number of carbonyl (C=O) groups excluding carboxylic acids is 2. The summed E-state index contributed by atoms with van der Waals surface area (Å²) >= 11 is 5.99. The predicted octanol–water partition coefficient (Wildman–Crippen LogP) is 3.92. The number of hydrogen-bond donors (Lipinski definition) is 1. The number of rotatable bonds is 4. The van der Waals surface area contributed by atoms with Crippen LogP contribution in [0.1, 0.15) is 49.9 Å². The third-order valence-electron chi connectivity index (χ3n) is 6.04. The molecule has 1 aliphatic heterocycles. The van der Waals surface area contributed by atoms with E-state index in [0.29, 0.717) is 17.5 Å². The van der Waals surface area contributed by atoms with Gasteiger partial charge in [-0.15, -0.1) is 0 Å². The highest BCUT2D eigenvalue weighted by molar-refractivity contribution is 6.30. The van der Waals surface area contributed by atoms with Crippen LogP contribution in [0.15, 0.2) is 42.6 Å². The van der Waals surface area contributed by atoms with Crippen molar-refractivity contribution in [2.45, 2.75) is 57.8 Å². The molecule has 1 N–H and O–H groups in total. The molecule has 0 radical (unpaired) electrons. The molecule has 6 heteroatoms. The Kier molecular flexibility index (Phi) is 5.44. The van der Waals surface area contributed by atoms with Gasteiger partial charge in [-0.3, -0.25) is 9.59 Å². The SMILES string of the molecule is C[C@@H]1CCCC[C@H]1NC(=O)[C@H]1c2cccn2CC(=O)N1Cc1ccc(Cl)cc1. The molecule has 0 spiro atoms. The van der Waals surface area contributed by atoms with Crippen LogP contribution in [0.25, 0.3) is 0 Å². The zero-order valence-electron chi connectivity index (χ0n) is 16.1. The summed E-state index contributed by atoms with van der Waals surface area (Å²) in [6.45, 7) is 2.85. The summed E-state index contributed by atoms with van der Waals surface area (Å²) in [5.74, 6) is 0.338. The van der Waals surface area contributed by atoms with E-state index < -0.39 is 6.04 Å². The highest BCUT2D eigenvalue weighted by Crippen LogP contribution is 2.30. The van der Waals surface area contributed by atoms with Crippen LogP contribution >= 0.6 is 11.6 Å². The van der Waals surface area contributed by atoms with Crippen LogP contribution in [-0.2, 0) is 22.7 Å². The topological polar surface area (TPSA) is 54.3 Å². The Balaban J connectivity index is 1.60. The Morgan fingerprint density at radius 3 is 2.68 bits per heavy atom. The summed E-state index contributed by atoms with van der Waals surface area (Å²) in [5, 5.41) is 3.90. The van der Waals surface area contributed by atoms with E-state index in [1.165, 1.54) is 6.42 Å². The van der Waals surface area contributed by atoms with Gasteiger partial charge in [0, 0.05) is 23.8 Å². The summed E-state index contributed by atoms with van der Waals surface area (Å²) in [6.07, 6.45) is 6.38. The van der Waals surface area contributed by atoms with Crippen LogP contribution in [0.5, 0.6) is 0 Å². The average Bonchev–Trinajstić information content (AvgIpc) is 3.13. The summed E-state index contributed by atoms with van der Waals surface area (Å²) in [4.78, 5) is 27.9. The van der Waals surface area contributed by atoms with E-state index in [1.54, 1.807) is 4.90 Å².